The Labute approximate surface area is 108 Å². The van der Waals surface area contributed by atoms with E-state index in [1.54, 1.807) is 12.4 Å². The molecule has 1 heterocycles. The number of rotatable bonds is 5. The highest BCUT2D eigenvalue weighted by Gasteiger charge is 2.01. The van der Waals surface area contributed by atoms with Crippen LogP contribution in [0.1, 0.15) is 32.3 Å². The summed E-state index contributed by atoms with van der Waals surface area (Å²) in [6.45, 7) is 5.04. The maximum atomic E-state index is 5.65. The molecule has 0 radical (unpaired) electrons. The third-order valence-electron chi connectivity index (χ3n) is 2.40. The molecule has 92 valence electrons. The van der Waals surface area contributed by atoms with E-state index >= 15 is 0 Å². The Kier molecular flexibility index (Phi) is 6.50. The van der Waals surface area contributed by atoms with Gasteiger partial charge >= 0.3 is 0 Å². The van der Waals surface area contributed by atoms with Crippen LogP contribution in [-0.4, -0.2) is 17.5 Å². The zero-order valence-electron chi connectivity index (χ0n) is 10.4. The fourth-order valence-electron chi connectivity index (χ4n) is 1.13. The number of hydrogen-bond donors (Lipinski definition) is 0. The fourth-order valence-corrected chi connectivity index (χ4v) is 1.23. The molecule has 0 aliphatic rings. The van der Waals surface area contributed by atoms with E-state index in [0.29, 0.717) is 18.2 Å². The van der Waals surface area contributed by atoms with Crippen molar-refractivity contribution in [3.63, 3.8) is 0 Å². The topological polar surface area (TPSA) is 22.1 Å². The van der Waals surface area contributed by atoms with Crippen LogP contribution in [0.25, 0.3) is 0 Å². The van der Waals surface area contributed by atoms with E-state index in [1.165, 1.54) is 0 Å². The lowest BCUT2D eigenvalue weighted by Gasteiger charge is -2.10. The van der Waals surface area contributed by atoms with Crippen LogP contribution >= 0.6 is 11.6 Å². The maximum Gasteiger partial charge on any atom is 0.138 e. The summed E-state index contributed by atoms with van der Waals surface area (Å²) in [7, 11) is 0. The van der Waals surface area contributed by atoms with Crippen molar-refractivity contribution in [2.24, 2.45) is 5.92 Å². The molecule has 3 heteroatoms. The van der Waals surface area contributed by atoms with E-state index in [-0.39, 0.29) is 0 Å². The van der Waals surface area contributed by atoms with Gasteiger partial charge in [-0.2, -0.15) is 0 Å². The molecule has 0 amide bonds. The minimum Gasteiger partial charge on any atom is -0.492 e. The average Bonchev–Trinajstić information content (AvgIpc) is 2.37. The van der Waals surface area contributed by atoms with Crippen LogP contribution in [0.3, 0.4) is 0 Å². The first kappa shape index (κ1) is 13.9. The zero-order chi connectivity index (χ0) is 12.5. The number of halogens is 1. The Hall–Kier alpha value is -1.20. The summed E-state index contributed by atoms with van der Waals surface area (Å²) in [6, 6.07) is 1.91. The van der Waals surface area contributed by atoms with Crippen molar-refractivity contribution in [2.45, 2.75) is 26.7 Å². The van der Waals surface area contributed by atoms with Crippen LogP contribution < -0.4 is 4.74 Å². The van der Waals surface area contributed by atoms with Crippen LogP contribution in [0, 0.1) is 17.8 Å². The summed E-state index contributed by atoms with van der Waals surface area (Å²) in [5, 5.41) is 0. The lowest BCUT2D eigenvalue weighted by atomic mass is 10.1. The van der Waals surface area contributed by atoms with Crippen LogP contribution in [0.4, 0.5) is 0 Å². The van der Waals surface area contributed by atoms with Crippen LogP contribution in [0.2, 0.25) is 0 Å². The highest BCUT2D eigenvalue weighted by Crippen LogP contribution is 2.12. The number of hydrogen-bond acceptors (Lipinski definition) is 2. The molecule has 1 aromatic heterocycles. The van der Waals surface area contributed by atoms with Crippen LogP contribution in [-0.2, 0) is 0 Å². The zero-order valence-corrected chi connectivity index (χ0v) is 11.1. The van der Waals surface area contributed by atoms with Gasteiger partial charge in [0.05, 0.1) is 12.8 Å². The smallest absolute Gasteiger partial charge is 0.138 e. The van der Waals surface area contributed by atoms with Gasteiger partial charge in [-0.3, -0.25) is 4.98 Å². The van der Waals surface area contributed by atoms with Crippen LogP contribution in [0.5, 0.6) is 5.75 Å². The minimum absolute atomic E-state index is 0.556. The summed E-state index contributed by atoms with van der Waals surface area (Å²) in [5.41, 5.74) is 0.872. The van der Waals surface area contributed by atoms with Crippen molar-refractivity contribution in [3.8, 4) is 17.6 Å². The molecule has 17 heavy (non-hydrogen) atoms. The van der Waals surface area contributed by atoms with Gasteiger partial charge in [0.25, 0.3) is 0 Å². The highest BCUT2D eigenvalue weighted by atomic mass is 35.5. The number of alkyl halides is 1. The molecule has 0 saturated heterocycles. The molecule has 1 unspecified atom stereocenters. The van der Waals surface area contributed by atoms with Gasteiger partial charge < -0.3 is 4.74 Å². The SMILES string of the molecule is CCC(C)COc1cncc(C#CCCCl)c1. The molecule has 0 aliphatic heterocycles. The lowest BCUT2D eigenvalue weighted by molar-refractivity contribution is 0.255. The van der Waals surface area contributed by atoms with Crippen molar-refractivity contribution in [2.75, 3.05) is 12.5 Å². The molecule has 0 fully saturated rings. The second kappa shape index (κ2) is 7.97. The fraction of sp³-hybridized carbons (Fsp3) is 0.500. The van der Waals surface area contributed by atoms with Crippen molar-refractivity contribution in [1.82, 2.24) is 4.98 Å². The molecule has 1 rings (SSSR count). The first-order valence-electron chi connectivity index (χ1n) is 5.89. The molecular weight excluding hydrogens is 234 g/mol. The summed E-state index contributed by atoms with van der Waals surface area (Å²) in [5.74, 6) is 7.88. The van der Waals surface area contributed by atoms with E-state index in [1.807, 2.05) is 6.07 Å². The number of nitrogens with zero attached hydrogens (tertiary/aromatic N) is 1. The van der Waals surface area contributed by atoms with E-state index in [2.05, 4.69) is 30.7 Å². The van der Waals surface area contributed by atoms with Gasteiger partial charge in [-0.25, -0.2) is 0 Å². The molecule has 0 aromatic carbocycles. The average molecular weight is 252 g/mol. The second-order valence-corrected chi connectivity index (χ2v) is 4.35. The monoisotopic (exact) mass is 251 g/mol. The highest BCUT2D eigenvalue weighted by molar-refractivity contribution is 6.18. The van der Waals surface area contributed by atoms with Crippen LogP contribution in [0.15, 0.2) is 18.5 Å². The lowest BCUT2D eigenvalue weighted by Crippen LogP contribution is -2.07. The van der Waals surface area contributed by atoms with Gasteiger partial charge in [0.2, 0.25) is 0 Å². The van der Waals surface area contributed by atoms with Gasteiger partial charge in [0.15, 0.2) is 0 Å². The molecule has 0 N–H and O–H groups in total. The molecule has 2 nitrogen and oxygen atoms in total. The van der Waals surface area contributed by atoms with E-state index in [0.717, 1.165) is 24.3 Å². The van der Waals surface area contributed by atoms with Crippen molar-refractivity contribution >= 4 is 11.6 Å². The second-order valence-electron chi connectivity index (χ2n) is 3.97. The third kappa shape index (κ3) is 5.60. The molecule has 1 atom stereocenters. The largest absolute Gasteiger partial charge is 0.492 e. The molecule has 0 saturated carbocycles. The van der Waals surface area contributed by atoms with Gasteiger partial charge in [0.1, 0.15) is 5.75 Å². The first-order chi connectivity index (χ1) is 8.26. The standard InChI is InChI=1S/C14H18ClNO/c1-3-12(2)11-17-14-8-13(9-16-10-14)6-4-5-7-15/h8-10,12H,3,5,7,11H2,1-2H3. The first-order valence-corrected chi connectivity index (χ1v) is 6.42. The summed E-state index contributed by atoms with van der Waals surface area (Å²) in [6.07, 6.45) is 5.26. The molecule has 1 aromatic rings. The van der Waals surface area contributed by atoms with E-state index in [4.69, 9.17) is 16.3 Å². The molecule has 0 spiro atoms. The van der Waals surface area contributed by atoms with Gasteiger partial charge in [0, 0.05) is 24.1 Å². The third-order valence-corrected chi connectivity index (χ3v) is 2.59. The van der Waals surface area contributed by atoms with Crippen molar-refractivity contribution < 1.29 is 4.74 Å². The van der Waals surface area contributed by atoms with Gasteiger partial charge in [-0.15, -0.1) is 11.6 Å². The van der Waals surface area contributed by atoms with Crippen molar-refractivity contribution in [3.05, 3.63) is 24.0 Å². The predicted octanol–water partition coefficient (Wildman–Crippen LogP) is 3.49. The summed E-state index contributed by atoms with van der Waals surface area (Å²) >= 11 is 5.56. The Morgan fingerprint density at radius 2 is 2.29 bits per heavy atom. The van der Waals surface area contributed by atoms with Gasteiger partial charge in [-0.05, 0) is 12.0 Å². The number of aromatic nitrogens is 1. The minimum atomic E-state index is 0.556. The van der Waals surface area contributed by atoms with Crippen molar-refractivity contribution in [1.29, 1.82) is 0 Å². The Balaban J connectivity index is 2.57. The molecular formula is C14H18ClNO. The Morgan fingerprint density at radius 1 is 1.47 bits per heavy atom. The quantitative estimate of drug-likeness (QED) is 0.590. The summed E-state index contributed by atoms with van der Waals surface area (Å²) < 4.78 is 5.65. The molecule has 0 aliphatic carbocycles. The van der Waals surface area contributed by atoms with Gasteiger partial charge in [-0.1, -0.05) is 32.1 Å². The maximum absolute atomic E-state index is 5.65. The predicted molar refractivity (Wildman–Crippen MR) is 71.4 cm³/mol. The normalized spacial score (nSPS) is 11.5. The molecule has 0 bridgehead atoms. The number of pyridine rings is 1. The summed E-state index contributed by atoms with van der Waals surface area (Å²) in [4.78, 5) is 4.11. The Morgan fingerprint density at radius 3 is 3.00 bits per heavy atom. The van der Waals surface area contributed by atoms with E-state index < -0.39 is 0 Å². The van der Waals surface area contributed by atoms with E-state index in [9.17, 15) is 0 Å². The number of ether oxygens (including phenoxy) is 1. The Bertz CT molecular complexity index is 395.